The van der Waals surface area contributed by atoms with Crippen molar-refractivity contribution in [3.63, 3.8) is 0 Å². The Morgan fingerprint density at radius 1 is 1.24 bits per heavy atom. The Hall–Kier alpha value is -2.23. The van der Waals surface area contributed by atoms with Crippen molar-refractivity contribution in [2.24, 2.45) is 0 Å². The predicted molar refractivity (Wildman–Crippen MR) is 67.6 cm³/mol. The zero-order valence-electron chi connectivity index (χ0n) is 9.46. The van der Waals surface area contributed by atoms with Crippen LogP contribution in [0.4, 0.5) is 17.2 Å². The van der Waals surface area contributed by atoms with Crippen molar-refractivity contribution in [1.82, 2.24) is 4.98 Å². The summed E-state index contributed by atoms with van der Waals surface area (Å²) in [5.74, 6) is 1.19. The number of hydrogen-bond donors (Lipinski definition) is 2. The standard InChI is InChI=1S/C13H13N3O/c1-9-15-12-3-2-8-14-13(12)16(9)10-4-6-11(17)7-5-10/h2-9,15,17H,1H3. The number of hydrogen-bond acceptors (Lipinski definition) is 4. The molecule has 0 saturated carbocycles. The van der Waals surface area contributed by atoms with Gasteiger partial charge in [0.05, 0.1) is 5.69 Å². The number of nitrogens with zero attached hydrogens (tertiary/aromatic N) is 2. The molecule has 1 atom stereocenters. The highest BCUT2D eigenvalue weighted by atomic mass is 16.3. The molecule has 17 heavy (non-hydrogen) atoms. The maximum absolute atomic E-state index is 9.31. The quantitative estimate of drug-likeness (QED) is 0.786. The zero-order valence-corrected chi connectivity index (χ0v) is 9.46. The fourth-order valence-electron chi connectivity index (χ4n) is 2.13. The second kappa shape index (κ2) is 3.66. The van der Waals surface area contributed by atoms with Gasteiger partial charge < -0.3 is 15.3 Å². The molecule has 1 unspecified atom stereocenters. The number of aromatic nitrogens is 1. The molecule has 0 amide bonds. The van der Waals surface area contributed by atoms with Gasteiger partial charge in [0, 0.05) is 11.9 Å². The van der Waals surface area contributed by atoms with E-state index in [9.17, 15) is 5.11 Å². The highest BCUT2D eigenvalue weighted by Gasteiger charge is 2.27. The van der Waals surface area contributed by atoms with Crippen molar-refractivity contribution in [3.8, 4) is 5.75 Å². The van der Waals surface area contributed by atoms with Crippen LogP contribution in [0, 0.1) is 0 Å². The molecule has 0 bridgehead atoms. The molecule has 0 saturated heterocycles. The Morgan fingerprint density at radius 2 is 2.00 bits per heavy atom. The Labute approximate surface area is 99.5 Å². The number of phenols is 1. The molecule has 2 aromatic rings. The van der Waals surface area contributed by atoms with Gasteiger partial charge in [0.1, 0.15) is 11.9 Å². The lowest BCUT2D eigenvalue weighted by Crippen LogP contribution is -2.28. The van der Waals surface area contributed by atoms with Gasteiger partial charge in [0.25, 0.3) is 0 Å². The SMILES string of the molecule is CC1Nc2cccnc2N1c1ccc(O)cc1. The average Bonchev–Trinajstić information content (AvgIpc) is 2.66. The van der Waals surface area contributed by atoms with E-state index in [2.05, 4.69) is 22.1 Å². The largest absolute Gasteiger partial charge is 0.508 e. The molecule has 4 nitrogen and oxygen atoms in total. The summed E-state index contributed by atoms with van der Waals surface area (Å²) < 4.78 is 0. The molecule has 0 fully saturated rings. The molecular formula is C13H13N3O. The molecule has 1 aromatic carbocycles. The number of nitrogens with one attached hydrogen (secondary N) is 1. The molecule has 0 radical (unpaired) electrons. The molecule has 0 aliphatic carbocycles. The van der Waals surface area contributed by atoms with Crippen LogP contribution in [-0.2, 0) is 0 Å². The van der Waals surface area contributed by atoms with Crippen LogP contribution in [0.5, 0.6) is 5.75 Å². The number of pyridine rings is 1. The van der Waals surface area contributed by atoms with Gasteiger partial charge in [-0.15, -0.1) is 0 Å². The van der Waals surface area contributed by atoms with Crippen LogP contribution in [0.15, 0.2) is 42.6 Å². The molecule has 2 N–H and O–H groups in total. The van der Waals surface area contributed by atoms with Gasteiger partial charge in [0.2, 0.25) is 0 Å². The number of fused-ring (bicyclic) bond motifs is 1. The van der Waals surface area contributed by atoms with E-state index >= 15 is 0 Å². The van der Waals surface area contributed by atoms with E-state index in [1.807, 2.05) is 24.3 Å². The van der Waals surface area contributed by atoms with Crippen LogP contribution < -0.4 is 10.2 Å². The maximum Gasteiger partial charge on any atom is 0.158 e. The molecule has 3 rings (SSSR count). The third-order valence-corrected chi connectivity index (χ3v) is 2.89. The van der Waals surface area contributed by atoms with Gasteiger partial charge in [-0.25, -0.2) is 4.98 Å². The van der Waals surface area contributed by atoms with E-state index in [-0.39, 0.29) is 11.9 Å². The van der Waals surface area contributed by atoms with Gasteiger partial charge in [-0.05, 0) is 43.3 Å². The van der Waals surface area contributed by atoms with E-state index in [1.54, 1.807) is 18.3 Å². The first-order chi connectivity index (χ1) is 8.25. The minimum Gasteiger partial charge on any atom is -0.508 e. The third-order valence-electron chi connectivity index (χ3n) is 2.89. The van der Waals surface area contributed by atoms with Crippen LogP contribution in [-0.4, -0.2) is 16.3 Å². The topological polar surface area (TPSA) is 48.4 Å². The van der Waals surface area contributed by atoms with E-state index in [0.717, 1.165) is 17.2 Å². The Balaban J connectivity index is 2.06. The van der Waals surface area contributed by atoms with Gasteiger partial charge >= 0.3 is 0 Å². The first kappa shape index (κ1) is 9.96. The Bertz CT molecular complexity index is 539. The summed E-state index contributed by atoms with van der Waals surface area (Å²) in [5, 5.41) is 12.7. The van der Waals surface area contributed by atoms with Crippen LogP contribution >= 0.6 is 0 Å². The molecule has 86 valence electrons. The molecule has 2 heterocycles. The lowest BCUT2D eigenvalue weighted by molar-refractivity contribution is 0.475. The molecule has 0 spiro atoms. The van der Waals surface area contributed by atoms with Crippen molar-refractivity contribution in [2.45, 2.75) is 13.1 Å². The normalized spacial score (nSPS) is 17.7. The lowest BCUT2D eigenvalue weighted by atomic mass is 10.2. The summed E-state index contributed by atoms with van der Waals surface area (Å²) in [7, 11) is 0. The summed E-state index contributed by atoms with van der Waals surface area (Å²) in [6.07, 6.45) is 1.94. The van der Waals surface area contributed by atoms with Gasteiger partial charge in [-0.1, -0.05) is 0 Å². The molecule has 1 aliphatic heterocycles. The molecule has 4 heteroatoms. The summed E-state index contributed by atoms with van der Waals surface area (Å²) in [5.41, 5.74) is 2.05. The van der Waals surface area contributed by atoms with E-state index in [0.29, 0.717) is 0 Å². The minimum atomic E-state index is 0.157. The fraction of sp³-hybridized carbons (Fsp3) is 0.154. The zero-order chi connectivity index (χ0) is 11.8. The minimum absolute atomic E-state index is 0.157. The van der Waals surface area contributed by atoms with Crippen molar-refractivity contribution in [1.29, 1.82) is 0 Å². The van der Waals surface area contributed by atoms with Crippen molar-refractivity contribution < 1.29 is 5.11 Å². The van der Waals surface area contributed by atoms with Crippen LogP contribution in [0.1, 0.15) is 6.92 Å². The van der Waals surface area contributed by atoms with Crippen molar-refractivity contribution in [2.75, 3.05) is 10.2 Å². The number of phenolic OH excluding ortho intramolecular Hbond substituents is 1. The summed E-state index contributed by atoms with van der Waals surface area (Å²) in [6.45, 7) is 2.08. The van der Waals surface area contributed by atoms with E-state index in [1.165, 1.54) is 0 Å². The van der Waals surface area contributed by atoms with E-state index < -0.39 is 0 Å². The summed E-state index contributed by atoms with van der Waals surface area (Å²) >= 11 is 0. The van der Waals surface area contributed by atoms with Gasteiger partial charge in [-0.2, -0.15) is 0 Å². The average molecular weight is 227 g/mol. The molecule has 1 aromatic heterocycles. The molecule has 1 aliphatic rings. The van der Waals surface area contributed by atoms with Crippen molar-refractivity contribution >= 4 is 17.2 Å². The van der Waals surface area contributed by atoms with Crippen molar-refractivity contribution in [3.05, 3.63) is 42.6 Å². The van der Waals surface area contributed by atoms with Gasteiger partial charge in [-0.3, -0.25) is 0 Å². The number of rotatable bonds is 1. The van der Waals surface area contributed by atoms with Crippen LogP contribution in [0.3, 0.4) is 0 Å². The monoisotopic (exact) mass is 227 g/mol. The Morgan fingerprint density at radius 3 is 2.76 bits per heavy atom. The molecular weight excluding hydrogens is 214 g/mol. The third kappa shape index (κ3) is 1.58. The second-order valence-electron chi connectivity index (χ2n) is 4.08. The lowest BCUT2D eigenvalue weighted by Gasteiger charge is -2.22. The summed E-state index contributed by atoms with van der Waals surface area (Å²) in [6, 6.07) is 11.1. The first-order valence-electron chi connectivity index (χ1n) is 5.55. The maximum atomic E-state index is 9.31. The van der Waals surface area contributed by atoms with Gasteiger partial charge in [0.15, 0.2) is 5.82 Å². The summed E-state index contributed by atoms with van der Waals surface area (Å²) in [4.78, 5) is 6.50. The first-order valence-corrected chi connectivity index (χ1v) is 5.55. The predicted octanol–water partition coefficient (Wildman–Crippen LogP) is 2.70. The second-order valence-corrected chi connectivity index (χ2v) is 4.08. The fourth-order valence-corrected chi connectivity index (χ4v) is 2.13. The smallest absolute Gasteiger partial charge is 0.158 e. The van der Waals surface area contributed by atoms with Crippen LogP contribution in [0.2, 0.25) is 0 Å². The number of benzene rings is 1. The number of aromatic hydroxyl groups is 1. The number of anilines is 3. The highest BCUT2D eigenvalue weighted by molar-refractivity contribution is 5.79. The van der Waals surface area contributed by atoms with E-state index in [4.69, 9.17) is 0 Å². The highest BCUT2D eigenvalue weighted by Crippen LogP contribution is 2.37. The van der Waals surface area contributed by atoms with Crippen LogP contribution in [0.25, 0.3) is 0 Å². The Kier molecular flexibility index (Phi) is 2.14.